The van der Waals surface area contributed by atoms with Gasteiger partial charge in [0.1, 0.15) is 11.6 Å². The molecule has 0 aliphatic carbocycles. The number of aromatic nitrogens is 2. The average Bonchev–Trinajstić information content (AvgIpc) is 3.34. The zero-order chi connectivity index (χ0) is 22.5. The van der Waals surface area contributed by atoms with Crippen LogP contribution in [0.5, 0.6) is 5.75 Å². The van der Waals surface area contributed by atoms with Crippen LogP contribution >= 0.6 is 0 Å². The molecule has 2 N–H and O–H groups in total. The Kier molecular flexibility index (Phi) is 6.55. The molecular formula is C23H22F2N4O3. The molecule has 2 aromatic heterocycles. The predicted molar refractivity (Wildman–Crippen MR) is 116 cm³/mol. The van der Waals surface area contributed by atoms with Crippen LogP contribution in [0.25, 0.3) is 11.1 Å². The van der Waals surface area contributed by atoms with Crippen LogP contribution in [0, 0.1) is 0 Å². The molecule has 9 heteroatoms. The highest BCUT2D eigenvalue weighted by atomic mass is 19.3. The van der Waals surface area contributed by atoms with Crippen molar-refractivity contribution in [2.45, 2.75) is 26.1 Å². The Hall–Kier alpha value is -3.59. The van der Waals surface area contributed by atoms with Crippen molar-refractivity contribution in [3.63, 3.8) is 0 Å². The van der Waals surface area contributed by atoms with Gasteiger partial charge < -0.3 is 20.1 Å². The zero-order valence-corrected chi connectivity index (χ0v) is 17.2. The van der Waals surface area contributed by atoms with Crippen LogP contribution in [0.4, 0.5) is 20.3 Å². The van der Waals surface area contributed by atoms with Gasteiger partial charge in [-0.25, -0.2) is 4.98 Å². The van der Waals surface area contributed by atoms with Crippen molar-refractivity contribution < 1.29 is 23.4 Å². The summed E-state index contributed by atoms with van der Waals surface area (Å²) in [7, 11) is 0. The summed E-state index contributed by atoms with van der Waals surface area (Å²) in [6.45, 7) is -1.28. The van der Waals surface area contributed by atoms with Gasteiger partial charge in [-0.2, -0.15) is 8.78 Å². The third-order valence-corrected chi connectivity index (χ3v) is 5.17. The van der Waals surface area contributed by atoms with E-state index in [0.29, 0.717) is 16.9 Å². The van der Waals surface area contributed by atoms with Crippen LogP contribution in [0.15, 0.2) is 54.9 Å². The van der Waals surface area contributed by atoms with Crippen LogP contribution in [0.3, 0.4) is 0 Å². The number of carbonyl (C=O) groups excluding carboxylic acids is 1. The Morgan fingerprint density at radius 2 is 1.84 bits per heavy atom. The van der Waals surface area contributed by atoms with E-state index in [1.54, 1.807) is 18.3 Å². The lowest BCUT2D eigenvalue weighted by Crippen LogP contribution is -2.21. The van der Waals surface area contributed by atoms with Crippen molar-refractivity contribution >= 4 is 17.4 Å². The van der Waals surface area contributed by atoms with E-state index in [-0.39, 0.29) is 18.3 Å². The maximum atomic E-state index is 12.8. The Labute approximate surface area is 183 Å². The maximum Gasteiger partial charge on any atom is 0.387 e. The molecule has 1 aliphatic rings. The summed E-state index contributed by atoms with van der Waals surface area (Å²) in [5.74, 6) is 0.413. The lowest BCUT2D eigenvalue weighted by molar-refractivity contribution is -0.0498. The van der Waals surface area contributed by atoms with Crippen molar-refractivity contribution in [3.05, 3.63) is 66.1 Å². The number of anilines is 2. The van der Waals surface area contributed by atoms with Gasteiger partial charge >= 0.3 is 6.61 Å². The zero-order valence-electron chi connectivity index (χ0n) is 17.2. The predicted octanol–water partition coefficient (Wildman–Crippen LogP) is 4.09. The number of ether oxygens (including phenoxy) is 1. The first kappa shape index (κ1) is 21.6. The molecule has 166 valence electrons. The molecule has 1 amide bonds. The number of aliphatic hydroxyl groups is 1. The molecule has 0 atom stereocenters. The second-order valence-corrected chi connectivity index (χ2v) is 7.34. The van der Waals surface area contributed by atoms with E-state index in [9.17, 15) is 18.7 Å². The standard InChI is InChI=1S/C23H22F2N4O3/c24-23(25)32-19-7-5-17(6-8-19)28-22(31)16-11-20(15-3-4-18(14-30)26-12-15)21(27-13-16)29-9-1-2-10-29/h3-8,11-13,23,30H,1-2,9-10,14H2,(H,28,31). The molecular weight excluding hydrogens is 418 g/mol. The van der Waals surface area contributed by atoms with Crippen LogP contribution in [-0.4, -0.2) is 40.7 Å². The van der Waals surface area contributed by atoms with E-state index in [1.807, 2.05) is 6.07 Å². The summed E-state index contributed by atoms with van der Waals surface area (Å²) in [6.07, 6.45) is 5.34. The van der Waals surface area contributed by atoms with Gasteiger partial charge in [-0.15, -0.1) is 0 Å². The number of amides is 1. The highest BCUT2D eigenvalue weighted by molar-refractivity contribution is 6.05. The maximum absolute atomic E-state index is 12.8. The molecule has 1 fully saturated rings. The van der Waals surface area contributed by atoms with Crippen LogP contribution in [-0.2, 0) is 6.61 Å². The van der Waals surface area contributed by atoms with Gasteiger partial charge in [-0.1, -0.05) is 6.07 Å². The summed E-state index contributed by atoms with van der Waals surface area (Å²) in [4.78, 5) is 23.8. The van der Waals surface area contributed by atoms with Crippen molar-refractivity contribution in [2.24, 2.45) is 0 Å². The number of nitrogens with zero attached hydrogens (tertiary/aromatic N) is 3. The Morgan fingerprint density at radius 3 is 2.47 bits per heavy atom. The molecule has 7 nitrogen and oxygen atoms in total. The number of halogens is 2. The summed E-state index contributed by atoms with van der Waals surface area (Å²) in [5.41, 5.74) is 2.91. The van der Waals surface area contributed by atoms with E-state index < -0.39 is 6.61 Å². The quantitative estimate of drug-likeness (QED) is 0.576. The Balaban J connectivity index is 1.60. The average molecular weight is 440 g/mol. The minimum atomic E-state index is -2.91. The molecule has 3 aromatic rings. The van der Waals surface area contributed by atoms with Crippen LogP contribution in [0.2, 0.25) is 0 Å². The number of rotatable bonds is 7. The summed E-state index contributed by atoms with van der Waals surface area (Å²) < 4.78 is 28.9. The first-order valence-corrected chi connectivity index (χ1v) is 10.2. The molecule has 0 spiro atoms. The monoisotopic (exact) mass is 440 g/mol. The van der Waals surface area contributed by atoms with Crippen molar-refractivity contribution in [2.75, 3.05) is 23.3 Å². The van der Waals surface area contributed by atoms with Crippen molar-refractivity contribution in [1.29, 1.82) is 0 Å². The van der Waals surface area contributed by atoms with Gasteiger partial charge in [0, 0.05) is 42.3 Å². The molecule has 4 rings (SSSR count). The highest BCUT2D eigenvalue weighted by Crippen LogP contribution is 2.32. The molecule has 0 saturated carbocycles. The fourth-order valence-corrected chi connectivity index (χ4v) is 3.58. The SMILES string of the molecule is O=C(Nc1ccc(OC(F)F)cc1)c1cnc(N2CCCC2)c(-c2ccc(CO)nc2)c1. The molecule has 3 heterocycles. The number of hydrogen-bond acceptors (Lipinski definition) is 6. The second-order valence-electron chi connectivity index (χ2n) is 7.34. The van der Waals surface area contributed by atoms with Gasteiger partial charge in [0.15, 0.2) is 0 Å². The first-order chi connectivity index (χ1) is 15.5. The number of hydrogen-bond donors (Lipinski definition) is 2. The summed E-state index contributed by atoms with van der Waals surface area (Å²) >= 11 is 0. The van der Waals surface area contributed by atoms with Gasteiger partial charge in [0.05, 0.1) is 17.9 Å². The smallest absolute Gasteiger partial charge is 0.387 e. The minimum absolute atomic E-state index is 0.00995. The van der Waals surface area contributed by atoms with E-state index in [2.05, 4.69) is 24.9 Å². The molecule has 0 unspecified atom stereocenters. The van der Waals surface area contributed by atoms with E-state index >= 15 is 0 Å². The Bertz CT molecular complexity index is 1070. The lowest BCUT2D eigenvalue weighted by Gasteiger charge is -2.21. The number of pyridine rings is 2. The van der Waals surface area contributed by atoms with Gasteiger partial charge in [0.2, 0.25) is 0 Å². The van der Waals surface area contributed by atoms with Crippen molar-refractivity contribution in [3.8, 4) is 16.9 Å². The lowest BCUT2D eigenvalue weighted by atomic mass is 10.0. The summed E-state index contributed by atoms with van der Waals surface area (Å²) in [5, 5.41) is 12.0. The third kappa shape index (κ3) is 5.00. The first-order valence-electron chi connectivity index (χ1n) is 10.2. The number of carbonyl (C=O) groups is 1. The fourth-order valence-electron chi connectivity index (χ4n) is 3.58. The molecule has 1 aliphatic heterocycles. The van der Waals surface area contributed by atoms with E-state index in [1.165, 1.54) is 30.5 Å². The van der Waals surface area contributed by atoms with Crippen molar-refractivity contribution in [1.82, 2.24) is 9.97 Å². The third-order valence-electron chi connectivity index (χ3n) is 5.17. The number of alkyl halides is 2. The molecule has 1 aromatic carbocycles. The van der Waals surface area contributed by atoms with Gasteiger partial charge in [-0.05, 0) is 49.2 Å². The van der Waals surface area contributed by atoms with Gasteiger partial charge in [0.25, 0.3) is 5.91 Å². The number of nitrogens with one attached hydrogen (secondary N) is 1. The minimum Gasteiger partial charge on any atom is -0.435 e. The molecule has 0 radical (unpaired) electrons. The fraction of sp³-hybridized carbons (Fsp3) is 0.261. The van der Waals surface area contributed by atoms with E-state index in [4.69, 9.17) is 0 Å². The highest BCUT2D eigenvalue weighted by Gasteiger charge is 2.20. The number of benzene rings is 1. The topological polar surface area (TPSA) is 87.6 Å². The van der Waals surface area contributed by atoms with Crippen LogP contribution < -0.4 is 15.0 Å². The molecule has 1 saturated heterocycles. The van der Waals surface area contributed by atoms with Gasteiger partial charge in [-0.3, -0.25) is 9.78 Å². The Morgan fingerprint density at radius 1 is 1.09 bits per heavy atom. The van der Waals surface area contributed by atoms with E-state index in [0.717, 1.165) is 42.9 Å². The molecule has 32 heavy (non-hydrogen) atoms. The molecule has 0 bridgehead atoms. The number of aliphatic hydroxyl groups excluding tert-OH is 1. The summed E-state index contributed by atoms with van der Waals surface area (Å²) in [6, 6.07) is 11.0. The van der Waals surface area contributed by atoms with Crippen LogP contribution in [0.1, 0.15) is 28.9 Å². The largest absolute Gasteiger partial charge is 0.435 e. The normalized spacial score (nSPS) is 13.4. The second kappa shape index (κ2) is 9.69.